The number of ether oxygens (including phenoxy) is 1. The van der Waals surface area contributed by atoms with Crippen LogP contribution in [0, 0.1) is 0 Å². The van der Waals surface area contributed by atoms with E-state index < -0.39 is 0 Å². The molecule has 1 saturated carbocycles. The molecule has 0 unspecified atom stereocenters. The number of hydrogen-bond donors (Lipinski definition) is 2. The average molecular weight is 401 g/mol. The van der Waals surface area contributed by atoms with Gasteiger partial charge in [-0.25, -0.2) is 9.97 Å². The van der Waals surface area contributed by atoms with E-state index in [0.29, 0.717) is 24.7 Å². The molecular weight excluding hydrogens is 378 g/mol. The summed E-state index contributed by atoms with van der Waals surface area (Å²) in [6, 6.07) is 14.2. The first-order valence-electron chi connectivity index (χ1n) is 10.3. The number of aromatic nitrogens is 3. The zero-order valence-electron chi connectivity index (χ0n) is 16.5. The van der Waals surface area contributed by atoms with Gasteiger partial charge in [-0.3, -0.25) is 9.78 Å². The molecule has 3 heterocycles. The Labute approximate surface area is 174 Å². The maximum atomic E-state index is 12.4. The molecule has 30 heavy (non-hydrogen) atoms. The fourth-order valence-electron chi connectivity index (χ4n) is 3.84. The van der Waals surface area contributed by atoms with Crippen LogP contribution < -0.4 is 10.6 Å². The Morgan fingerprint density at radius 1 is 1.10 bits per heavy atom. The number of pyridine rings is 1. The second kappa shape index (κ2) is 8.20. The molecular formula is C23H23N5O2. The molecule has 0 atom stereocenters. The molecule has 0 spiro atoms. The monoisotopic (exact) mass is 401 g/mol. The second-order valence-corrected chi connectivity index (χ2v) is 7.70. The van der Waals surface area contributed by atoms with Crippen molar-refractivity contribution in [1.29, 1.82) is 0 Å². The Bertz CT molecular complexity index is 1040. The first-order chi connectivity index (χ1) is 14.8. The molecule has 1 aliphatic carbocycles. The summed E-state index contributed by atoms with van der Waals surface area (Å²) in [5, 5.41) is 6.41. The molecule has 1 aliphatic heterocycles. The topological polar surface area (TPSA) is 89.0 Å². The summed E-state index contributed by atoms with van der Waals surface area (Å²) in [5.41, 5.74) is 3.32. The van der Waals surface area contributed by atoms with Crippen molar-refractivity contribution >= 4 is 11.7 Å². The number of rotatable bonds is 6. The van der Waals surface area contributed by atoms with E-state index in [-0.39, 0.29) is 18.1 Å². The summed E-state index contributed by atoms with van der Waals surface area (Å²) in [6.45, 7) is 1.23. The van der Waals surface area contributed by atoms with Gasteiger partial charge in [0.2, 0.25) is 0 Å². The van der Waals surface area contributed by atoms with Gasteiger partial charge in [0.1, 0.15) is 11.5 Å². The van der Waals surface area contributed by atoms with Crippen LogP contribution in [-0.2, 0) is 17.8 Å². The largest absolute Gasteiger partial charge is 0.373 e. The first-order valence-corrected chi connectivity index (χ1v) is 10.3. The summed E-state index contributed by atoms with van der Waals surface area (Å²) < 4.78 is 6.01. The highest BCUT2D eigenvalue weighted by atomic mass is 16.5. The van der Waals surface area contributed by atoms with Crippen molar-refractivity contribution in [3.63, 3.8) is 0 Å². The number of hydrogen-bond acceptors (Lipinski definition) is 6. The SMILES string of the molecule is O=C1NCCc2c(NC3CC(OCc4ccccc4)C3)nc(-c3cccnc3)nc21. The Kier molecular flexibility index (Phi) is 5.11. The molecule has 2 aliphatic rings. The van der Waals surface area contributed by atoms with E-state index in [1.54, 1.807) is 12.4 Å². The second-order valence-electron chi connectivity index (χ2n) is 7.70. The predicted molar refractivity (Wildman–Crippen MR) is 113 cm³/mol. The maximum Gasteiger partial charge on any atom is 0.270 e. The minimum absolute atomic E-state index is 0.149. The van der Waals surface area contributed by atoms with Crippen LogP contribution in [-0.4, -0.2) is 39.5 Å². The van der Waals surface area contributed by atoms with Crippen LogP contribution in [0.5, 0.6) is 0 Å². The lowest BCUT2D eigenvalue weighted by molar-refractivity contribution is -0.0150. The standard InChI is InChI=1S/C23H23N5O2/c29-23-20-19(8-10-25-23)22(28-21(27-20)16-7-4-9-24-13-16)26-17-11-18(12-17)30-14-15-5-2-1-3-6-15/h1-7,9,13,17-18H,8,10-12,14H2,(H,25,29)(H,26,27,28). The number of anilines is 1. The minimum Gasteiger partial charge on any atom is -0.373 e. The summed E-state index contributed by atoms with van der Waals surface area (Å²) in [4.78, 5) is 25.8. The van der Waals surface area contributed by atoms with E-state index in [1.165, 1.54) is 5.56 Å². The molecule has 7 heteroatoms. The number of carbonyl (C=O) groups excluding carboxylic acids is 1. The zero-order chi connectivity index (χ0) is 20.3. The van der Waals surface area contributed by atoms with E-state index >= 15 is 0 Å². The van der Waals surface area contributed by atoms with Gasteiger partial charge >= 0.3 is 0 Å². The van der Waals surface area contributed by atoms with Gasteiger partial charge < -0.3 is 15.4 Å². The van der Waals surface area contributed by atoms with Crippen molar-refractivity contribution < 1.29 is 9.53 Å². The van der Waals surface area contributed by atoms with E-state index in [2.05, 4.69) is 32.7 Å². The van der Waals surface area contributed by atoms with Crippen molar-refractivity contribution in [2.45, 2.75) is 38.0 Å². The minimum atomic E-state index is -0.149. The summed E-state index contributed by atoms with van der Waals surface area (Å²) >= 11 is 0. The summed E-state index contributed by atoms with van der Waals surface area (Å²) in [6.07, 6.45) is 6.21. The van der Waals surface area contributed by atoms with Crippen molar-refractivity contribution in [3.05, 3.63) is 71.7 Å². The first kappa shape index (κ1) is 18.7. The third-order valence-corrected chi connectivity index (χ3v) is 5.57. The summed E-state index contributed by atoms with van der Waals surface area (Å²) in [5.74, 6) is 1.11. The van der Waals surface area contributed by atoms with Crippen molar-refractivity contribution in [3.8, 4) is 11.4 Å². The lowest BCUT2D eigenvalue weighted by Gasteiger charge is -2.36. The predicted octanol–water partition coefficient (Wildman–Crippen LogP) is 2.98. The third kappa shape index (κ3) is 3.89. The lowest BCUT2D eigenvalue weighted by atomic mass is 9.89. The molecule has 0 radical (unpaired) electrons. The molecule has 152 valence electrons. The van der Waals surface area contributed by atoms with Crippen LogP contribution in [0.25, 0.3) is 11.4 Å². The molecule has 1 aromatic carbocycles. The molecule has 7 nitrogen and oxygen atoms in total. The van der Waals surface area contributed by atoms with Gasteiger partial charge in [-0.05, 0) is 37.0 Å². The highest BCUT2D eigenvalue weighted by Crippen LogP contribution is 2.31. The van der Waals surface area contributed by atoms with Crippen LogP contribution in [0.2, 0.25) is 0 Å². The normalized spacial score (nSPS) is 20.1. The van der Waals surface area contributed by atoms with Gasteiger partial charge in [-0.15, -0.1) is 0 Å². The van der Waals surface area contributed by atoms with Crippen molar-refractivity contribution in [2.75, 3.05) is 11.9 Å². The van der Waals surface area contributed by atoms with Gasteiger partial charge in [-0.2, -0.15) is 0 Å². The zero-order valence-corrected chi connectivity index (χ0v) is 16.5. The van der Waals surface area contributed by atoms with Crippen LogP contribution in [0.15, 0.2) is 54.9 Å². The smallest absolute Gasteiger partial charge is 0.270 e. The molecule has 2 aromatic heterocycles. The number of nitrogens with zero attached hydrogens (tertiary/aromatic N) is 3. The highest BCUT2D eigenvalue weighted by Gasteiger charge is 2.32. The fraction of sp³-hybridized carbons (Fsp3) is 0.304. The van der Waals surface area contributed by atoms with Gasteiger partial charge in [0.25, 0.3) is 5.91 Å². The van der Waals surface area contributed by atoms with Gasteiger partial charge in [0.05, 0.1) is 12.7 Å². The maximum absolute atomic E-state index is 12.4. The van der Waals surface area contributed by atoms with Gasteiger partial charge in [-0.1, -0.05) is 30.3 Å². The Morgan fingerprint density at radius 2 is 1.97 bits per heavy atom. The van der Waals surface area contributed by atoms with Crippen molar-refractivity contribution in [1.82, 2.24) is 20.3 Å². The molecule has 1 amide bonds. The van der Waals surface area contributed by atoms with Gasteiger partial charge in [0.15, 0.2) is 5.82 Å². The fourth-order valence-corrected chi connectivity index (χ4v) is 3.84. The van der Waals surface area contributed by atoms with E-state index in [1.807, 2.05) is 30.3 Å². The van der Waals surface area contributed by atoms with E-state index in [4.69, 9.17) is 9.72 Å². The average Bonchev–Trinajstić information content (AvgIpc) is 2.77. The van der Waals surface area contributed by atoms with E-state index in [9.17, 15) is 4.79 Å². The highest BCUT2D eigenvalue weighted by molar-refractivity contribution is 5.96. The van der Waals surface area contributed by atoms with Crippen LogP contribution in [0.1, 0.15) is 34.5 Å². The number of carbonyl (C=O) groups is 1. The Balaban J connectivity index is 1.30. The van der Waals surface area contributed by atoms with Crippen molar-refractivity contribution in [2.24, 2.45) is 0 Å². The Hall–Kier alpha value is -3.32. The molecule has 2 N–H and O–H groups in total. The lowest BCUT2D eigenvalue weighted by Crippen LogP contribution is -2.42. The third-order valence-electron chi connectivity index (χ3n) is 5.57. The Morgan fingerprint density at radius 3 is 2.77 bits per heavy atom. The molecule has 0 saturated heterocycles. The number of benzene rings is 1. The molecule has 5 rings (SSSR count). The molecule has 1 fully saturated rings. The number of fused-ring (bicyclic) bond motifs is 1. The van der Waals surface area contributed by atoms with Gasteiger partial charge in [0, 0.05) is 36.1 Å². The molecule has 0 bridgehead atoms. The number of nitrogens with one attached hydrogen (secondary N) is 2. The van der Waals surface area contributed by atoms with E-state index in [0.717, 1.165) is 36.2 Å². The number of amides is 1. The summed E-state index contributed by atoms with van der Waals surface area (Å²) in [7, 11) is 0. The van der Waals surface area contributed by atoms with Crippen LogP contribution in [0.3, 0.4) is 0 Å². The van der Waals surface area contributed by atoms with Crippen LogP contribution >= 0.6 is 0 Å². The van der Waals surface area contributed by atoms with Crippen LogP contribution in [0.4, 0.5) is 5.82 Å². The molecule has 3 aromatic rings. The quantitative estimate of drug-likeness (QED) is 0.660.